The van der Waals surface area contributed by atoms with Crippen LogP contribution < -0.4 is 5.73 Å². The normalized spacial score (nSPS) is 17.1. The van der Waals surface area contributed by atoms with E-state index in [1.54, 1.807) is 12.1 Å². The highest BCUT2D eigenvalue weighted by Gasteiger charge is 2.43. The molecule has 3 rings (SSSR count). The van der Waals surface area contributed by atoms with Crippen molar-refractivity contribution in [2.75, 3.05) is 0 Å². The quantitative estimate of drug-likeness (QED) is 0.834. The molecular formula is C13H14FN3. The Labute approximate surface area is 98.9 Å². The van der Waals surface area contributed by atoms with Crippen LogP contribution in [-0.4, -0.2) is 9.97 Å². The van der Waals surface area contributed by atoms with Crippen LogP contribution in [0.1, 0.15) is 24.4 Å². The van der Waals surface area contributed by atoms with E-state index in [9.17, 15) is 4.39 Å². The zero-order valence-corrected chi connectivity index (χ0v) is 9.63. The lowest BCUT2D eigenvalue weighted by molar-refractivity contribution is 0.630. The molecular weight excluding hydrogens is 217 g/mol. The van der Waals surface area contributed by atoms with Crippen molar-refractivity contribution in [1.82, 2.24) is 9.97 Å². The van der Waals surface area contributed by atoms with Crippen LogP contribution in [0.3, 0.4) is 0 Å². The summed E-state index contributed by atoms with van der Waals surface area (Å²) < 4.78 is 13.7. The first-order valence-corrected chi connectivity index (χ1v) is 5.71. The van der Waals surface area contributed by atoms with Gasteiger partial charge in [-0.1, -0.05) is 12.1 Å². The molecule has 1 fully saturated rings. The van der Waals surface area contributed by atoms with Gasteiger partial charge in [0.2, 0.25) is 0 Å². The Morgan fingerprint density at radius 1 is 1.35 bits per heavy atom. The minimum absolute atomic E-state index is 0.254. The minimum Gasteiger partial charge on any atom is -0.344 e. The number of nitrogens with zero attached hydrogens (tertiary/aromatic N) is 1. The highest BCUT2D eigenvalue weighted by atomic mass is 19.1. The second kappa shape index (κ2) is 3.40. The van der Waals surface area contributed by atoms with Crippen molar-refractivity contribution in [2.24, 2.45) is 5.73 Å². The molecule has 1 aromatic heterocycles. The average Bonchev–Trinajstić information content (AvgIpc) is 2.93. The Morgan fingerprint density at radius 2 is 2.06 bits per heavy atom. The smallest absolute Gasteiger partial charge is 0.132 e. The third kappa shape index (κ3) is 1.65. The maximum Gasteiger partial charge on any atom is 0.132 e. The first kappa shape index (κ1) is 10.5. The number of imidazole rings is 1. The van der Waals surface area contributed by atoms with E-state index in [4.69, 9.17) is 5.73 Å². The maximum absolute atomic E-state index is 13.7. The van der Waals surface area contributed by atoms with E-state index in [2.05, 4.69) is 9.97 Å². The lowest BCUT2D eigenvalue weighted by Gasteiger charge is -2.02. The Kier molecular flexibility index (Phi) is 2.10. The van der Waals surface area contributed by atoms with Gasteiger partial charge in [-0.05, 0) is 31.9 Å². The van der Waals surface area contributed by atoms with Gasteiger partial charge in [0.05, 0.1) is 11.2 Å². The molecule has 1 aliphatic carbocycles. The number of halogens is 1. The summed E-state index contributed by atoms with van der Waals surface area (Å²) in [6, 6.07) is 6.66. The second-order valence-corrected chi connectivity index (χ2v) is 4.70. The number of hydrogen-bond acceptors (Lipinski definition) is 2. The summed E-state index contributed by atoms with van der Waals surface area (Å²) in [7, 11) is 0. The fourth-order valence-corrected chi connectivity index (χ4v) is 1.98. The SMILES string of the molecule is Cc1[nH]c(C2(N)CC2)nc1-c1ccccc1F. The lowest BCUT2D eigenvalue weighted by atomic mass is 10.1. The fraction of sp³-hybridized carbons (Fsp3) is 0.308. The first-order chi connectivity index (χ1) is 8.10. The van der Waals surface area contributed by atoms with Crippen LogP contribution in [0.15, 0.2) is 24.3 Å². The Balaban J connectivity index is 2.10. The van der Waals surface area contributed by atoms with Gasteiger partial charge in [-0.2, -0.15) is 0 Å². The summed E-state index contributed by atoms with van der Waals surface area (Å²) in [5.74, 6) is 0.517. The van der Waals surface area contributed by atoms with Crippen LogP contribution in [0.2, 0.25) is 0 Å². The number of rotatable bonds is 2. The molecule has 1 heterocycles. The average molecular weight is 231 g/mol. The molecule has 0 saturated heterocycles. The van der Waals surface area contributed by atoms with E-state index in [0.717, 1.165) is 24.4 Å². The Morgan fingerprint density at radius 3 is 2.71 bits per heavy atom. The number of aryl methyl sites for hydroxylation is 1. The molecule has 0 radical (unpaired) electrons. The van der Waals surface area contributed by atoms with Crippen molar-refractivity contribution in [3.63, 3.8) is 0 Å². The highest BCUT2D eigenvalue weighted by molar-refractivity contribution is 5.62. The Bertz CT molecular complexity index is 570. The number of hydrogen-bond donors (Lipinski definition) is 2. The van der Waals surface area contributed by atoms with E-state index in [1.165, 1.54) is 6.07 Å². The topological polar surface area (TPSA) is 54.7 Å². The van der Waals surface area contributed by atoms with E-state index in [0.29, 0.717) is 11.3 Å². The van der Waals surface area contributed by atoms with Gasteiger partial charge >= 0.3 is 0 Å². The van der Waals surface area contributed by atoms with Crippen LogP contribution in [0.25, 0.3) is 11.3 Å². The monoisotopic (exact) mass is 231 g/mol. The predicted molar refractivity (Wildman–Crippen MR) is 63.8 cm³/mol. The Hall–Kier alpha value is -1.68. The van der Waals surface area contributed by atoms with Crippen molar-refractivity contribution < 1.29 is 4.39 Å². The van der Waals surface area contributed by atoms with Gasteiger partial charge in [0.1, 0.15) is 11.6 Å². The molecule has 0 bridgehead atoms. The number of benzene rings is 1. The molecule has 88 valence electrons. The zero-order valence-electron chi connectivity index (χ0n) is 9.63. The molecule has 0 atom stereocenters. The molecule has 3 N–H and O–H groups in total. The van der Waals surface area contributed by atoms with Crippen LogP contribution in [0, 0.1) is 12.7 Å². The van der Waals surface area contributed by atoms with Crippen LogP contribution >= 0.6 is 0 Å². The van der Waals surface area contributed by atoms with E-state index < -0.39 is 0 Å². The third-order valence-corrected chi connectivity index (χ3v) is 3.27. The van der Waals surface area contributed by atoms with Crippen LogP contribution in [0.4, 0.5) is 4.39 Å². The summed E-state index contributed by atoms with van der Waals surface area (Å²) in [6.45, 7) is 1.89. The van der Waals surface area contributed by atoms with E-state index in [-0.39, 0.29) is 11.4 Å². The number of H-pyrrole nitrogens is 1. The summed E-state index contributed by atoms with van der Waals surface area (Å²) in [6.07, 6.45) is 1.88. The number of nitrogens with one attached hydrogen (secondary N) is 1. The van der Waals surface area contributed by atoms with Gasteiger partial charge in [-0.25, -0.2) is 9.37 Å². The number of aromatic nitrogens is 2. The van der Waals surface area contributed by atoms with Crippen molar-refractivity contribution >= 4 is 0 Å². The van der Waals surface area contributed by atoms with Gasteiger partial charge in [-0.15, -0.1) is 0 Å². The molecule has 4 heteroatoms. The molecule has 2 aromatic rings. The van der Waals surface area contributed by atoms with Crippen molar-refractivity contribution in [3.05, 3.63) is 41.6 Å². The molecule has 17 heavy (non-hydrogen) atoms. The van der Waals surface area contributed by atoms with Gasteiger partial charge in [0.25, 0.3) is 0 Å². The summed E-state index contributed by atoms with van der Waals surface area (Å²) in [5.41, 5.74) is 7.82. The standard InChI is InChI=1S/C13H14FN3/c1-8-11(9-4-2-3-5-10(9)14)17-12(16-8)13(15)6-7-13/h2-5H,6-7,15H2,1H3,(H,16,17). The lowest BCUT2D eigenvalue weighted by Crippen LogP contribution is -2.20. The molecule has 1 aliphatic rings. The maximum atomic E-state index is 13.7. The largest absolute Gasteiger partial charge is 0.344 e. The van der Waals surface area contributed by atoms with E-state index in [1.807, 2.05) is 13.0 Å². The van der Waals surface area contributed by atoms with Crippen molar-refractivity contribution in [1.29, 1.82) is 0 Å². The fourth-order valence-electron chi connectivity index (χ4n) is 1.98. The second-order valence-electron chi connectivity index (χ2n) is 4.70. The first-order valence-electron chi connectivity index (χ1n) is 5.71. The number of nitrogens with two attached hydrogens (primary N) is 1. The summed E-state index contributed by atoms with van der Waals surface area (Å²) >= 11 is 0. The van der Waals surface area contributed by atoms with Gasteiger partial charge in [0, 0.05) is 11.3 Å². The van der Waals surface area contributed by atoms with Gasteiger partial charge in [0.15, 0.2) is 0 Å². The summed E-state index contributed by atoms with van der Waals surface area (Å²) in [5, 5.41) is 0. The molecule has 3 nitrogen and oxygen atoms in total. The highest BCUT2D eigenvalue weighted by Crippen LogP contribution is 2.42. The van der Waals surface area contributed by atoms with E-state index >= 15 is 0 Å². The minimum atomic E-state index is -0.311. The third-order valence-electron chi connectivity index (χ3n) is 3.27. The molecule has 0 aliphatic heterocycles. The van der Waals surface area contributed by atoms with Crippen LogP contribution in [-0.2, 0) is 5.54 Å². The molecule has 0 unspecified atom stereocenters. The zero-order chi connectivity index (χ0) is 12.0. The van der Waals surface area contributed by atoms with Gasteiger partial charge < -0.3 is 10.7 Å². The number of aromatic amines is 1. The molecule has 0 amide bonds. The van der Waals surface area contributed by atoms with Gasteiger partial charge in [-0.3, -0.25) is 0 Å². The molecule has 1 aromatic carbocycles. The molecule has 1 saturated carbocycles. The van der Waals surface area contributed by atoms with Crippen molar-refractivity contribution in [3.8, 4) is 11.3 Å². The van der Waals surface area contributed by atoms with Crippen molar-refractivity contribution in [2.45, 2.75) is 25.3 Å². The molecule has 0 spiro atoms. The predicted octanol–water partition coefficient (Wildman–Crippen LogP) is 2.47. The van der Waals surface area contributed by atoms with Crippen LogP contribution in [0.5, 0.6) is 0 Å². The summed E-state index contributed by atoms with van der Waals surface area (Å²) in [4.78, 5) is 7.62.